The highest BCUT2D eigenvalue weighted by atomic mass is 32.1. The van der Waals surface area contributed by atoms with Crippen molar-refractivity contribution in [3.8, 4) is 11.4 Å². The first-order valence-electron chi connectivity index (χ1n) is 6.33. The van der Waals surface area contributed by atoms with Crippen molar-refractivity contribution in [1.29, 1.82) is 0 Å². The third-order valence-electron chi connectivity index (χ3n) is 3.12. The highest BCUT2D eigenvalue weighted by Gasteiger charge is 2.15. The van der Waals surface area contributed by atoms with Gasteiger partial charge in [-0.2, -0.15) is 16.3 Å². The zero-order chi connectivity index (χ0) is 13.9. The lowest BCUT2D eigenvalue weighted by atomic mass is 10.1. The molecule has 0 aliphatic carbocycles. The van der Waals surface area contributed by atoms with Crippen molar-refractivity contribution >= 4 is 11.3 Å². The number of aliphatic hydroxyl groups is 1. The van der Waals surface area contributed by atoms with Crippen LogP contribution in [0.4, 0.5) is 0 Å². The summed E-state index contributed by atoms with van der Waals surface area (Å²) in [6, 6.07) is 9.47. The van der Waals surface area contributed by atoms with E-state index in [0.717, 1.165) is 16.7 Å². The fourth-order valence-corrected chi connectivity index (χ4v) is 2.82. The Kier molecular flexibility index (Phi) is 3.62. The Balaban J connectivity index is 1.77. The standard InChI is InChI=1S/C15H14N2O2S/c1-10-8-20-9-12(10)15-16-14(19-17-15)7-13(18)11-5-3-2-4-6-11/h2-6,8-9,13,18H,7H2,1H3. The van der Waals surface area contributed by atoms with E-state index in [0.29, 0.717) is 18.1 Å². The molecule has 4 nitrogen and oxygen atoms in total. The Morgan fingerprint density at radius 2 is 2.05 bits per heavy atom. The summed E-state index contributed by atoms with van der Waals surface area (Å²) >= 11 is 1.61. The average Bonchev–Trinajstić information content (AvgIpc) is 3.08. The van der Waals surface area contributed by atoms with E-state index in [1.54, 1.807) is 11.3 Å². The molecule has 5 heteroatoms. The molecular formula is C15H14N2O2S. The van der Waals surface area contributed by atoms with Crippen LogP contribution in [0.1, 0.15) is 23.1 Å². The normalized spacial score (nSPS) is 12.5. The highest BCUT2D eigenvalue weighted by molar-refractivity contribution is 7.08. The highest BCUT2D eigenvalue weighted by Crippen LogP contribution is 2.25. The third-order valence-corrected chi connectivity index (χ3v) is 3.98. The summed E-state index contributed by atoms with van der Waals surface area (Å²) in [5.74, 6) is 1.03. The number of nitrogens with zero attached hydrogens (tertiary/aromatic N) is 2. The van der Waals surface area contributed by atoms with Crippen LogP contribution in [0.5, 0.6) is 0 Å². The lowest BCUT2D eigenvalue weighted by Crippen LogP contribution is -2.01. The molecule has 0 radical (unpaired) electrons. The SMILES string of the molecule is Cc1cscc1-c1noc(CC(O)c2ccccc2)n1. The lowest BCUT2D eigenvalue weighted by molar-refractivity contribution is 0.165. The number of thiophene rings is 1. The predicted octanol–water partition coefficient (Wildman–Crippen LogP) is 3.38. The average molecular weight is 286 g/mol. The molecule has 0 bridgehead atoms. The van der Waals surface area contributed by atoms with Crippen molar-refractivity contribution in [2.24, 2.45) is 0 Å². The van der Waals surface area contributed by atoms with Crippen molar-refractivity contribution in [2.75, 3.05) is 0 Å². The molecule has 102 valence electrons. The van der Waals surface area contributed by atoms with Crippen LogP contribution in [0, 0.1) is 6.92 Å². The minimum Gasteiger partial charge on any atom is -0.388 e. The van der Waals surface area contributed by atoms with E-state index in [1.165, 1.54) is 0 Å². The molecule has 0 saturated carbocycles. The molecule has 2 aromatic heterocycles. The van der Waals surface area contributed by atoms with Crippen molar-refractivity contribution in [2.45, 2.75) is 19.4 Å². The van der Waals surface area contributed by atoms with Gasteiger partial charge in [-0.3, -0.25) is 0 Å². The van der Waals surface area contributed by atoms with E-state index < -0.39 is 6.10 Å². The largest absolute Gasteiger partial charge is 0.388 e. The monoisotopic (exact) mass is 286 g/mol. The van der Waals surface area contributed by atoms with Crippen molar-refractivity contribution in [1.82, 2.24) is 10.1 Å². The van der Waals surface area contributed by atoms with Crippen LogP contribution >= 0.6 is 11.3 Å². The summed E-state index contributed by atoms with van der Waals surface area (Å²) in [5.41, 5.74) is 2.96. The number of aliphatic hydroxyl groups excluding tert-OH is 1. The Morgan fingerprint density at radius 3 is 2.75 bits per heavy atom. The molecule has 0 amide bonds. The molecule has 0 spiro atoms. The topological polar surface area (TPSA) is 59.2 Å². The van der Waals surface area contributed by atoms with Crippen LogP contribution < -0.4 is 0 Å². The fraction of sp³-hybridized carbons (Fsp3) is 0.200. The van der Waals surface area contributed by atoms with Crippen LogP contribution in [-0.4, -0.2) is 15.2 Å². The third kappa shape index (κ3) is 2.64. The van der Waals surface area contributed by atoms with Gasteiger partial charge in [-0.1, -0.05) is 35.5 Å². The second-order valence-electron chi connectivity index (χ2n) is 4.61. The van der Waals surface area contributed by atoms with E-state index >= 15 is 0 Å². The molecular weight excluding hydrogens is 272 g/mol. The van der Waals surface area contributed by atoms with E-state index in [9.17, 15) is 5.11 Å². The van der Waals surface area contributed by atoms with Gasteiger partial charge in [0, 0.05) is 10.9 Å². The maximum absolute atomic E-state index is 10.1. The van der Waals surface area contributed by atoms with Gasteiger partial charge in [-0.05, 0) is 23.4 Å². The van der Waals surface area contributed by atoms with Gasteiger partial charge in [0.1, 0.15) is 0 Å². The van der Waals surface area contributed by atoms with Gasteiger partial charge in [-0.25, -0.2) is 0 Å². The van der Waals surface area contributed by atoms with E-state index in [-0.39, 0.29) is 0 Å². The zero-order valence-corrected chi connectivity index (χ0v) is 11.8. The van der Waals surface area contributed by atoms with Gasteiger partial charge >= 0.3 is 0 Å². The summed E-state index contributed by atoms with van der Waals surface area (Å²) in [4.78, 5) is 4.35. The molecule has 2 heterocycles. The fourth-order valence-electron chi connectivity index (χ4n) is 2.00. The summed E-state index contributed by atoms with van der Waals surface area (Å²) in [6.45, 7) is 2.01. The molecule has 0 aliphatic rings. The minimum atomic E-state index is -0.631. The first-order valence-corrected chi connectivity index (χ1v) is 7.27. The van der Waals surface area contributed by atoms with Crippen molar-refractivity contribution in [3.63, 3.8) is 0 Å². The second-order valence-corrected chi connectivity index (χ2v) is 5.35. The van der Waals surface area contributed by atoms with Gasteiger partial charge < -0.3 is 9.63 Å². The first kappa shape index (κ1) is 13.0. The second kappa shape index (κ2) is 5.56. The number of aromatic nitrogens is 2. The van der Waals surface area contributed by atoms with Gasteiger partial charge in [0.15, 0.2) is 0 Å². The number of benzene rings is 1. The van der Waals surface area contributed by atoms with Gasteiger partial charge in [0.05, 0.1) is 12.5 Å². The lowest BCUT2D eigenvalue weighted by Gasteiger charge is -2.07. The molecule has 0 saturated heterocycles. The molecule has 3 aromatic rings. The number of hydrogen-bond donors (Lipinski definition) is 1. The predicted molar refractivity (Wildman–Crippen MR) is 77.5 cm³/mol. The Bertz CT molecular complexity index is 691. The molecule has 0 aliphatic heterocycles. The maximum atomic E-state index is 10.1. The zero-order valence-electron chi connectivity index (χ0n) is 11.0. The Morgan fingerprint density at radius 1 is 1.25 bits per heavy atom. The number of aryl methyl sites for hydroxylation is 1. The molecule has 1 N–H and O–H groups in total. The Hall–Kier alpha value is -1.98. The first-order chi connectivity index (χ1) is 9.74. The minimum absolute atomic E-state index is 0.320. The molecule has 1 unspecified atom stereocenters. The van der Waals surface area contributed by atoms with Crippen molar-refractivity contribution in [3.05, 3.63) is 58.1 Å². The van der Waals surface area contributed by atoms with E-state index in [2.05, 4.69) is 10.1 Å². The molecule has 20 heavy (non-hydrogen) atoms. The van der Waals surface area contributed by atoms with Gasteiger partial charge in [0.2, 0.25) is 11.7 Å². The molecule has 1 aromatic carbocycles. The summed E-state index contributed by atoms with van der Waals surface area (Å²) in [7, 11) is 0. The summed E-state index contributed by atoms with van der Waals surface area (Å²) in [5, 5.41) is 18.2. The van der Waals surface area contributed by atoms with Crippen LogP contribution in [0.25, 0.3) is 11.4 Å². The number of hydrogen-bond acceptors (Lipinski definition) is 5. The van der Waals surface area contributed by atoms with E-state index in [4.69, 9.17) is 4.52 Å². The summed E-state index contributed by atoms with van der Waals surface area (Å²) in [6.07, 6.45) is -0.312. The summed E-state index contributed by atoms with van der Waals surface area (Å²) < 4.78 is 5.22. The quantitative estimate of drug-likeness (QED) is 0.798. The van der Waals surface area contributed by atoms with Crippen LogP contribution in [0.2, 0.25) is 0 Å². The maximum Gasteiger partial charge on any atom is 0.229 e. The van der Waals surface area contributed by atoms with Gasteiger partial charge in [-0.15, -0.1) is 0 Å². The molecule has 3 rings (SSSR count). The molecule has 1 atom stereocenters. The number of rotatable bonds is 4. The Labute approximate surface area is 120 Å². The van der Waals surface area contributed by atoms with Gasteiger partial charge in [0.25, 0.3) is 0 Å². The van der Waals surface area contributed by atoms with Crippen LogP contribution in [0.15, 0.2) is 45.6 Å². The smallest absolute Gasteiger partial charge is 0.229 e. The van der Waals surface area contributed by atoms with Crippen LogP contribution in [-0.2, 0) is 6.42 Å². The van der Waals surface area contributed by atoms with E-state index in [1.807, 2.05) is 48.0 Å². The molecule has 0 fully saturated rings. The van der Waals surface area contributed by atoms with Crippen molar-refractivity contribution < 1.29 is 9.63 Å². The van der Waals surface area contributed by atoms with Crippen LogP contribution in [0.3, 0.4) is 0 Å².